The summed E-state index contributed by atoms with van der Waals surface area (Å²) in [7, 11) is -4.12. The predicted octanol–water partition coefficient (Wildman–Crippen LogP) is 4.73. The number of nitrogens with zero attached hydrogens (tertiary/aromatic N) is 1. The van der Waals surface area contributed by atoms with Crippen LogP contribution in [0.5, 0.6) is 0 Å². The van der Waals surface area contributed by atoms with E-state index in [-0.39, 0.29) is 5.75 Å². The Bertz CT molecular complexity index is 458. The van der Waals surface area contributed by atoms with E-state index in [1.165, 1.54) is 51.4 Å². The lowest BCUT2D eigenvalue weighted by Gasteiger charge is -2.39. The summed E-state index contributed by atoms with van der Waals surface area (Å²) in [4.78, 5) is 0. The van der Waals surface area contributed by atoms with Gasteiger partial charge in [0.15, 0.2) is 0 Å². The molecule has 182 valence electrons. The Morgan fingerprint density at radius 1 is 0.600 bits per heavy atom. The first-order valence-electron chi connectivity index (χ1n) is 12.3. The summed E-state index contributed by atoms with van der Waals surface area (Å²) in [5, 5.41) is 0. The summed E-state index contributed by atoms with van der Waals surface area (Å²) in [5.41, 5.74) is 0. The second-order valence-corrected chi connectivity index (χ2v) is 10.1. The number of ether oxygens (including phenoxy) is 2. The van der Waals surface area contributed by atoms with E-state index in [0.29, 0.717) is 26.2 Å². The zero-order valence-electron chi connectivity index (χ0n) is 20.0. The molecule has 0 aromatic rings. The van der Waals surface area contributed by atoms with E-state index in [1.54, 1.807) is 0 Å². The van der Waals surface area contributed by atoms with E-state index in [2.05, 4.69) is 20.8 Å². The molecule has 6 nitrogen and oxygen atoms in total. The maximum absolute atomic E-state index is 11.0. The third-order valence-electron chi connectivity index (χ3n) is 5.68. The molecule has 0 rings (SSSR count). The molecular weight excluding hydrogens is 402 g/mol. The SMILES string of the molecule is CCCCCC[N+](CCCCCC)(CCCCS(=O)(=O)[O-])CCOCCOCCC. The molecule has 0 aliphatic carbocycles. The Kier molecular flexibility index (Phi) is 19.3. The standard InChI is InChI=1S/C23H49NO5S/c1-4-7-9-11-15-24(16-12-10-8-5-2,17-13-14-23-30(25,26)27)18-20-29-22-21-28-19-6-3/h4-23H2,1-3H3. The molecule has 0 fully saturated rings. The van der Waals surface area contributed by atoms with E-state index < -0.39 is 10.1 Å². The van der Waals surface area contributed by atoms with Crippen molar-refractivity contribution in [1.82, 2.24) is 0 Å². The first kappa shape index (κ1) is 29.8. The predicted molar refractivity (Wildman–Crippen MR) is 124 cm³/mol. The zero-order valence-corrected chi connectivity index (χ0v) is 20.9. The Hall–Kier alpha value is -0.210. The molecule has 0 N–H and O–H groups in total. The van der Waals surface area contributed by atoms with Crippen molar-refractivity contribution in [3.63, 3.8) is 0 Å². The van der Waals surface area contributed by atoms with Crippen molar-refractivity contribution in [2.45, 2.75) is 91.4 Å². The maximum atomic E-state index is 11.0. The fraction of sp³-hybridized carbons (Fsp3) is 1.00. The van der Waals surface area contributed by atoms with Gasteiger partial charge in [0.25, 0.3) is 0 Å². The third-order valence-corrected chi connectivity index (χ3v) is 6.47. The van der Waals surface area contributed by atoms with Gasteiger partial charge >= 0.3 is 0 Å². The highest BCUT2D eigenvalue weighted by molar-refractivity contribution is 7.85. The van der Waals surface area contributed by atoms with Crippen LogP contribution in [-0.4, -0.2) is 75.8 Å². The van der Waals surface area contributed by atoms with Gasteiger partial charge in [-0.1, -0.05) is 46.5 Å². The van der Waals surface area contributed by atoms with Gasteiger partial charge < -0.3 is 18.5 Å². The molecule has 0 spiro atoms. The second kappa shape index (κ2) is 19.5. The number of hydrogen-bond donors (Lipinski definition) is 0. The van der Waals surface area contributed by atoms with Crippen LogP contribution in [0.1, 0.15) is 91.4 Å². The fourth-order valence-electron chi connectivity index (χ4n) is 3.87. The van der Waals surface area contributed by atoms with Crippen molar-refractivity contribution in [2.24, 2.45) is 0 Å². The van der Waals surface area contributed by atoms with E-state index in [1.807, 2.05) is 0 Å². The summed E-state index contributed by atoms with van der Waals surface area (Å²) < 4.78 is 45.3. The third kappa shape index (κ3) is 18.6. The molecule has 0 heterocycles. The minimum atomic E-state index is -4.12. The fourth-order valence-corrected chi connectivity index (χ4v) is 4.43. The van der Waals surface area contributed by atoms with Gasteiger partial charge in [0, 0.05) is 12.4 Å². The average Bonchev–Trinajstić information content (AvgIpc) is 2.70. The van der Waals surface area contributed by atoms with Crippen molar-refractivity contribution in [3.05, 3.63) is 0 Å². The van der Waals surface area contributed by atoms with Gasteiger partial charge in [0.05, 0.1) is 49.6 Å². The molecule has 0 aromatic carbocycles. The van der Waals surface area contributed by atoms with Crippen LogP contribution in [0, 0.1) is 0 Å². The van der Waals surface area contributed by atoms with Gasteiger partial charge in [0.1, 0.15) is 6.54 Å². The lowest BCUT2D eigenvalue weighted by molar-refractivity contribution is -0.929. The van der Waals surface area contributed by atoms with Gasteiger partial charge in [-0.05, 0) is 44.9 Å². The van der Waals surface area contributed by atoms with Crippen LogP contribution in [0.4, 0.5) is 0 Å². The number of hydrogen-bond acceptors (Lipinski definition) is 5. The van der Waals surface area contributed by atoms with Crippen LogP contribution in [0.3, 0.4) is 0 Å². The molecular formula is C23H49NO5S. The Morgan fingerprint density at radius 2 is 1.10 bits per heavy atom. The molecule has 0 bridgehead atoms. The Labute approximate surface area is 187 Å². The summed E-state index contributed by atoms with van der Waals surface area (Å²) >= 11 is 0. The van der Waals surface area contributed by atoms with Crippen LogP contribution in [0.25, 0.3) is 0 Å². The van der Waals surface area contributed by atoms with Crippen LogP contribution in [-0.2, 0) is 19.6 Å². The number of rotatable bonds is 23. The van der Waals surface area contributed by atoms with Crippen LogP contribution in [0.2, 0.25) is 0 Å². The van der Waals surface area contributed by atoms with E-state index in [9.17, 15) is 13.0 Å². The van der Waals surface area contributed by atoms with E-state index >= 15 is 0 Å². The molecule has 0 radical (unpaired) electrons. The minimum absolute atomic E-state index is 0.246. The van der Waals surface area contributed by atoms with E-state index in [0.717, 1.165) is 50.1 Å². The van der Waals surface area contributed by atoms with Gasteiger partial charge in [-0.15, -0.1) is 0 Å². The molecule has 0 aromatic heterocycles. The molecule has 30 heavy (non-hydrogen) atoms. The molecule has 0 saturated carbocycles. The van der Waals surface area contributed by atoms with Crippen molar-refractivity contribution in [3.8, 4) is 0 Å². The maximum Gasteiger partial charge on any atom is 0.102 e. The van der Waals surface area contributed by atoms with Crippen molar-refractivity contribution in [2.75, 3.05) is 58.4 Å². The quantitative estimate of drug-likeness (QED) is 0.127. The van der Waals surface area contributed by atoms with Gasteiger partial charge in [-0.25, -0.2) is 8.42 Å². The van der Waals surface area contributed by atoms with Crippen molar-refractivity contribution >= 4 is 10.1 Å². The zero-order chi connectivity index (χ0) is 22.6. The molecule has 7 heteroatoms. The normalized spacial score (nSPS) is 12.5. The molecule has 0 aliphatic heterocycles. The monoisotopic (exact) mass is 451 g/mol. The Balaban J connectivity index is 4.77. The molecule has 0 unspecified atom stereocenters. The summed E-state index contributed by atoms with van der Waals surface area (Å²) in [6.07, 6.45) is 12.1. The largest absolute Gasteiger partial charge is 0.748 e. The van der Waals surface area contributed by atoms with Gasteiger partial charge in [0.2, 0.25) is 0 Å². The average molecular weight is 452 g/mol. The lowest BCUT2D eigenvalue weighted by Crippen LogP contribution is -2.52. The highest BCUT2D eigenvalue weighted by Crippen LogP contribution is 2.17. The van der Waals surface area contributed by atoms with Crippen LogP contribution < -0.4 is 0 Å². The first-order valence-corrected chi connectivity index (χ1v) is 13.9. The lowest BCUT2D eigenvalue weighted by atomic mass is 10.1. The molecule has 0 aliphatic rings. The number of unbranched alkanes of at least 4 members (excludes halogenated alkanes) is 7. The van der Waals surface area contributed by atoms with E-state index in [4.69, 9.17) is 9.47 Å². The molecule has 0 atom stereocenters. The van der Waals surface area contributed by atoms with Crippen molar-refractivity contribution in [1.29, 1.82) is 0 Å². The summed E-state index contributed by atoms with van der Waals surface area (Å²) in [6, 6.07) is 0. The second-order valence-electron chi connectivity index (χ2n) is 8.55. The Morgan fingerprint density at radius 3 is 1.57 bits per heavy atom. The first-order chi connectivity index (χ1) is 14.4. The summed E-state index contributed by atoms with van der Waals surface area (Å²) in [6.45, 7) is 13.4. The van der Waals surface area contributed by atoms with Gasteiger partial charge in [-0.2, -0.15) is 0 Å². The van der Waals surface area contributed by atoms with Crippen molar-refractivity contribution < 1.29 is 26.9 Å². The van der Waals surface area contributed by atoms with Crippen LogP contribution >= 0.6 is 0 Å². The highest BCUT2D eigenvalue weighted by Gasteiger charge is 2.26. The van der Waals surface area contributed by atoms with Gasteiger partial charge in [-0.3, -0.25) is 0 Å². The van der Waals surface area contributed by atoms with Crippen LogP contribution in [0.15, 0.2) is 0 Å². The smallest absolute Gasteiger partial charge is 0.102 e. The molecule has 0 amide bonds. The topological polar surface area (TPSA) is 75.7 Å². The number of quaternary nitrogens is 1. The minimum Gasteiger partial charge on any atom is -0.748 e. The molecule has 0 saturated heterocycles. The summed E-state index contributed by atoms with van der Waals surface area (Å²) in [5.74, 6) is -0.246. The highest BCUT2D eigenvalue weighted by atomic mass is 32.2.